The Labute approximate surface area is 141 Å². The summed E-state index contributed by atoms with van der Waals surface area (Å²) in [5.41, 5.74) is 0.463. The van der Waals surface area contributed by atoms with Crippen LogP contribution in [0.3, 0.4) is 0 Å². The van der Waals surface area contributed by atoms with E-state index in [9.17, 15) is 4.79 Å². The molecule has 2 saturated heterocycles. The van der Waals surface area contributed by atoms with Crippen LogP contribution in [-0.2, 0) is 15.3 Å². The van der Waals surface area contributed by atoms with E-state index in [2.05, 4.69) is 17.1 Å². The number of carbonyl (C=O) groups is 1. The summed E-state index contributed by atoms with van der Waals surface area (Å²) in [5.74, 6) is 1.79. The van der Waals surface area contributed by atoms with Crippen molar-refractivity contribution in [3.05, 3.63) is 47.0 Å². The second-order valence-corrected chi connectivity index (χ2v) is 7.95. The molecule has 4 aliphatic rings. The Morgan fingerprint density at radius 1 is 1.22 bits per heavy atom. The quantitative estimate of drug-likeness (QED) is 0.737. The topological polar surface area (TPSA) is 29.5 Å². The number of hydrogen-bond acceptors (Lipinski definition) is 2. The van der Waals surface area contributed by atoms with Crippen LogP contribution < -0.4 is 0 Å². The van der Waals surface area contributed by atoms with Gasteiger partial charge in [-0.25, -0.2) is 0 Å². The van der Waals surface area contributed by atoms with Crippen molar-refractivity contribution in [3.8, 4) is 0 Å². The highest BCUT2D eigenvalue weighted by molar-refractivity contribution is 6.30. The summed E-state index contributed by atoms with van der Waals surface area (Å²) in [6, 6.07) is 8.13. The largest absolute Gasteiger partial charge is 0.351 e. The average Bonchev–Trinajstić information content (AvgIpc) is 3.22. The molecule has 120 valence electrons. The van der Waals surface area contributed by atoms with E-state index in [4.69, 9.17) is 16.3 Å². The molecular formula is C19H20ClNO2. The summed E-state index contributed by atoms with van der Waals surface area (Å²) in [5, 5.41) is 0.714. The van der Waals surface area contributed by atoms with Crippen molar-refractivity contribution in [1.29, 1.82) is 0 Å². The normalized spacial score (nSPS) is 43.8. The van der Waals surface area contributed by atoms with Gasteiger partial charge in [-0.3, -0.25) is 4.79 Å². The summed E-state index contributed by atoms with van der Waals surface area (Å²) in [6.07, 6.45) is 6.56. The summed E-state index contributed by atoms with van der Waals surface area (Å²) in [6.45, 7) is 2.77. The fourth-order valence-corrected chi connectivity index (χ4v) is 5.45. The lowest BCUT2D eigenvalue weighted by molar-refractivity contribution is -0.218. The Bertz CT molecular complexity index is 700. The molecule has 0 spiro atoms. The van der Waals surface area contributed by atoms with Crippen molar-refractivity contribution >= 4 is 17.5 Å². The van der Waals surface area contributed by atoms with Gasteiger partial charge in [-0.2, -0.15) is 0 Å². The molecule has 2 aliphatic heterocycles. The van der Waals surface area contributed by atoms with Crippen molar-refractivity contribution in [1.82, 2.24) is 4.90 Å². The van der Waals surface area contributed by atoms with Gasteiger partial charge in [0.2, 0.25) is 5.91 Å². The first kappa shape index (κ1) is 14.1. The summed E-state index contributed by atoms with van der Waals surface area (Å²) in [4.78, 5) is 15.1. The smallest absolute Gasteiger partial charge is 0.228 e. The number of benzene rings is 1. The van der Waals surface area contributed by atoms with Gasteiger partial charge >= 0.3 is 0 Å². The van der Waals surface area contributed by atoms with Gasteiger partial charge in [-0.05, 0) is 30.4 Å². The number of allylic oxidation sites excluding steroid dienone is 1. The van der Waals surface area contributed by atoms with Gasteiger partial charge in [0.25, 0.3) is 0 Å². The maximum absolute atomic E-state index is 13.0. The number of nitrogens with zero attached hydrogens (tertiary/aromatic N) is 1. The van der Waals surface area contributed by atoms with E-state index in [0.29, 0.717) is 28.8 Å². The van der Waals surface area contributed by atoms with E-state index in [1.54, 1.807) is 0 Å². The lowest BCUT2D eigenvalue weighted by Gasteiger charge is -2.51. The molecule has 2 heterocycles. The van der Waals surface area contributed by atoms with E-state index in [-0.39, 0.29) is 11.8 Å². The van der Waals surface area contributed by atoms with Gasteiger partial charge in [-0.15, -0.1) is 0 Å². The summed E-state index contributed by atoms with van der Waals surface area (Å²) < 4.78 is 6.45. The Kier molecular flexibility index (Phi) is 2.82. The molecule has 0 N–H and O–H groups in total. The van der Waals surface area contributed by atoms with Crippen LogP contribution >= 0.6 is 11.6 Å². The highest BCUT2D eigenvalue weighted by Crippen LogP contribution is 2.57. The molecule has 3 fully saturated rings. The molecule has 23 heavy (non-hydrogen) atoms. The third-order valence-electron chi connectivity index (χ3n) is 6.32. The standard InChI is InChI=1S/C19H20ClNO2/c1-11-9-19(14-4-6-15(20)7-5-14)21(18(11)22)17-13-3-2-12(8-13)16(17)10-23-19/h2-7,11-13,16-17H,8-10H2,1H3/t11-,12+,13-,16-,17+,19+/m0/s1. The third-order valence-corrected chi connectivity index (χ3v) is 6.57. The molecule has 4 heteroatoms. The second-order valence-electron chi connectivity index (χ2n) is 7.52. The molecule has 6 atom stereocenters. The molecule has 5 rings (SSSR count). The minimum absolute atomic E-state index is 0.00698. The SMILES string of the molecule is C[C@H]1C[C@]2(c3ccc(Cl)cc3)OC[C@@H]3[C@@H]([C@H]4C=C[C@@H]3C4)N2C1=O. The predicted octanol–water partition coefficient (Wildman–Crippen LogP) is 3.58. The van der Waals surface area contributed by atoms with Crippen LogP contribution in [0.5, 0.6) is 0 Å². The van der Waals surface area contributed by atoms with Gasteiger partial charge < -0.3 is 9.64 Å². The summed E-state index contributed by atoms with van der Waals surface area (Å²) >= 11 is 6.06. The van der Waals surface area contributed by atoms with Gasteiger partial charge in [-0.1, -0.05) is 42.8 Å². The van der Waals surface area contributed by atoms with Gasteiger partial charge in [0.1, 0.15) is 0 Å². The van der Waals surface area contributed by atoms with Gasteiger partial charge in [0.05, 0.1) is 6.61 Å². The number of halogens is 1. The van der Waals surface area contributed by atoms with E-state index >= 15 is 0 Å². The molecule has 2 aliphatic carbocycles. The van der Waals surface area contributed by atoms with Crippen LogP contribution in [-0.4, -0.2) is 23.5 Å². The summed E-state index contributed by atoms with van der Waals surface area (Å²) in [7, 11) is 0. The molecule has 1 aromatic carbocycles. The second kappa shape index (κ2) is 4.61. The molecular weight excluding hydrogens is 310 g/mol. The van der Waals surface area contributed by atoms with E-state index in [1.165, 1.54) is 6.42 Å². The highest BCUT2D eigenvalue weighted by Gasteiger charge is 2.63. The monoisotopic (exact) mass is 329 g/mol. The number of fused-ring (bicyclic) bond motifs is 7. The molecule has 0 unspecified atom stereocenters. The molecule has 3 nitrogen and oxygen atoms in total. The molecule has 1 amide bonds. The minimum Gasteiger partial charge on any atom is -0.351 e. The molecule has 0 radical (unpaired) electrons. The fraction of sp³-hybridized carbons (Fsp3) is 0.526. The van der Waals surface area contributed by atoms with E-state index in [1.807, 2.05) is 31.2 Å². The lowest BCUT2D eigenvalue weighted by Crippen LogP contribution is -2.60. The first-order valence-electron chi connectivity index (χ1n) is 8.52. The number of rotatable bonds is 1. The first-order chi connectivity index (χ1) is 11.1. The minimum atomic E-state index is -0.597. The maximum Gasteiger partial charge on any atom is 0.228 e. The van der Waals surface area contributed by atoms with Crippen molar-refractivity contribution in [2.75, 3.05) is 6.61 Å². The molecule has 0 aromatic heterocycles. The van der Waals surface area contributed by atoms with Crippen molar-refractivity contribution in [3.63, 3.8) is 0 Å². The Balaban J connectivity index is 1.64. The zero-order valence-electron chi connectivity index (χ0n) is 13.1. The van der Waals surface area contributed by atoms with Crippen LogP contribution in [0.2, 0.25) is 5.02 Å². The Hall–Kier alpha value is -1.32. The number of amides is 1. The zero-order chi connectivity index (χ0) is 15.8. The average molecular weight is 330 g/mol. The predicted molar refractivity (Wildman–Crippen MR) is 87.7 cm³/mol. The first-order valence-corrected chi connectivity index (χ1v) is 8.89. The number of hydrogen-bond donors (Lipinski definition) is 0. The zero-order valence-corrected chi connectivity index (χ0v) is 13.9. The van der Waals surface area contributed by atoms with Gasteiger partial charge in [0, 0.05) is 34.9 Å². The van der Waals surface area contributed by atoms with Crippen molar-refractivity contribution in [2.45, 2.75) is 31.5 Å². The Morgan fingerprint density at radius 3 is 2.74 bits per heavy atom. The van der Waals surface area contributed by atoms with E-state index in [0.717, 1.165) is 18.6 Å². The van der Waals surface area contributed by atoms with Crippen molar-refractivity contribution in [2.24, 2.45) is 23.7 Å². The number of ether oxygens (including phenoxy) is 1. The molecule has 2 bridgehead atoms. The highest BCUT2D eigenvalue weighted by atomic mass is 35.5. The van der Waals surface area contributed by atoms with Crippen LogP contribution in [0.15, 0.2) is 36.4 Å². The van der Waals surface area contributed by atoms with Crippen molar-refractivity contribution < 1.29 is 9.53 Å². The lowest BCUT2D eigenvalue weighted by atomic mass is 9.84. The molecule has 1 aromatic rings. The van der Waals surface area contributed by atoms with Crippen LogP contribution in [0, 0.1) is 23.7 Å². The van der Waals surface area contributed by atoms with Crippen LogP contribution in [0.1, 0.15) is 25.3 Å². The third kappa shape index (κ3) is 1.72. The molecule has 1 saturated carbocycles. The maximum atomic E-state index is 13.0. The fourth-order valence-electron chi connectivity index (χ4n) is 5.32. The Morgan fingerprint density at radius 2 is 1.96 bits per heavy atom. The number of carbonyl (C=O) groups excluding carboxylic acids is 1. The van der Waals surface area contributed by atoms with Crippen LogP contribution in [0.25, 0.3) is 0 Å². The van der Waals surface area contributed by atoms with Crippen LogP contribution in [0.4, 0.5) is 0 Å². The van der Waals surface area contributed by atoms with E-state index < -0.39 is 5.72 Å². The van der Waals surface area contributed by atoms with Gasteiger partial charge in [0.15, 0.2) is 5.72 Å².